The molecule has 0 aromatic rings. The molecule has 0 saturated heterocycles. The lowest BCUT2D eigenvalue weighted by Crippen LogP contribution is -2.52. The van der Waals surface area contributed by atoms with E-state index in [4.69, 9.17) is 5.11 Å². The summed E-state index contributed by atoms with van der Waals surface area (Å²) in [5, 5.41) is 36.9. The van der Waals surface area contributed by atoms with Crippen LogP contribution in [0.2, 0.25) is 0 Å². The molecule has 0 spiro atoms. The summed E-state index contributed by atoms with van der Waals surface area (Å²) in [6, 6.07) is 0. The van der Waals surface area contributed by atoms with E-state index in [1.165, 1.54) is 0 Å². The van der Waals surface area contributed by atoms with Crippen molar-refractivity contribution in [1.29, 1.82) is 0 Å². The van der Waals surface area contributed by atoms with E-state index in [0.29, 0.717) is 0 Å². The van der Waals surface area contributed by atoms with Crippen molar-refractivity contribution in [2.45, 2.75) is 5.97 Å². The van der Waals surface area contributed by atoms with Gasteiger partial charge >= 0.3 is 5.97 Å². The van der Waals surface area contributed by atoms with Crippen LogP contribution in [-0.4, -0.2) is 25.8 Å². The topological polar surface area (TPSA) is 150 Å². The van der Waals surface area contributed by atoms with Gasteiger partial charge in [-0.05, 0) is 0 Å². The van der Waals surface area contributed by atoms with Crippen LogP contribution < -0.4 is 0 Å². The Bertz CT molecular complexity index is 184. The highest BCUT2D eigenvalue weighted by Gasteiger charge is 2.70. The van der Waals surface area contributed by atoms with Crippen LogP contribution in [0.3, 0.4) is 0 Å². The minimum atomic E-state index is -4.33. The molecule has 0 fully saturated rings. The molecule has 0 unspecified atom stereocenters. The molecule has 0 aliphatic rings. The van der Waals surface area contributed by atoms with E-state index in [9.17, 15) is 30.3 Å². The van der Waals surface area contributed by atoms with Gasteiger partial charge in [-0.2, -0.15) is 5.11 Å². The van der Waals surface area contributed by atoms with Crippen LogP contribution in [0.1, 0.15) is 0 Å². The van der Waals surface area contributed by atoms with Gasteiger partial charge in [-0.3, -0.25) is 30.3 Å². The molecule has 0 amide bonds. The number of hydrogen-bond acceptors (Lipinski definition) is 7. The molecule has 0 aliphatic heterocycles. The van der Waals surface area contributed by atoms with Crippen molar-refractivity contribution in [3.63, 3.8) is 0 Å². The van der Waals surface area contributed by atoms with E-state index in [2.05, 4.69) is 0 Å². The molecule has 62 valence electrons. The zero-order chi connectivity index (χ0) is 9.23. The first kappa shape index (κ1) is 9.16. The third-order valence-corrected chi connectivity index (χ3v) is 0.735. The van der Waals surface area contributed by atoms with Gasteiger partial charge in [0.2, 0.25) is 14.8 Å². The van der Waals surface area contributed by atoms with Crippen molar-refractivity contribution >= 4 is 0 Å². The Morgan fingerprint density at radius 3 is 1.09 bits per heavy atom. The van der Waals surface area contributed by atoms with E-state index >= 15 is 0 Å². The second kappa shape index (κ2) is 2.42. The molecule has 0 aliphatic carbocycles. The molecule has 0 rings (SSSR count). The second-order valence-corrected chi connectivity index (χ2v) is 1.37. The first-order valence-corrected chi connectivity index (χ1v) is 1.99. The van der Waals surface area contributed by atoms with Gasteiger partial charge in [0, 0.05) is 0 Å². The van der Waals surface area contributed by atoms with Crippen LogP contribution in [0.5, 0.6) is 0 Å². The molecule has 0 saturated carbocycles. The second-order valence-electron chi connectivity index (χ2n) is 1.37. The number of aliphatic hydroxyl groups is 1. The smallest absolute Gasteiger partial charge is 0.250 e. The summed E-state index contributed by atoms with van der Waals surface area (Å²) in [6.07, 6.45) is 0. The molecule has 0 atom stereocenters. The summed E-state index contributed by atoms with van der Waals surface area (Å²) >= 11 is 0. The Labute approximate surface area is 57.5 Å². The number of nitrogens with zero attached hydrogens (tertiary/aromatic N) is 3. The van der Waals surface area contributed by atoms with Crippen molar-refractivity contribution in [3.05, 3.63) is 30.3 Å². The molecule has 0 radical (unpaired) electrons. The number of hydrogen-bond donors (Lipinski definition) is 1. The van der Waals surface area contributed by atoms with E-state index in [1.54, 1.807) is 0 Å². The third-order valence-electron chi connectivity index (χ3n) is 0.735. The predicted octanol–water partition coefficient (Wildman–Crippen LogP) is -1.58. The summed E-state index contributed by atoms with van der Waals surface area (Å²) in [4.78, 5) is 22.7. The van der Waals surface area contributed by atoms with Crippen molar-refractivity contribution in [2.75, 3.05) is 0 Å². The average molecular weight is 167 g/mol. The minimum absolute atomic E-state index is 2.01. The normalized spacial score (nSPS) is 10.6. The largest absolute Gasteiger partial charge is 0.842 e. The van der Waals surface area contributed by atoms with Gasteiger partial charge in [0.15, 0.2) is 0 Å². The number of nitro groups is 3. The summed E-state index contributed by atoms with van der Waals surface area (Å²) in [5.41, 5.74) is 0. The maximum atomic E-state index is 9.58. The summed E-state index contributed by atoms with van der Waals surface area (Å²) in [5.74, 6) is -4.33. The summed E-state index contributed by atoms with van der Waals surface area (Å²) in [6.45, 7) is 0. The van der Waals surface area contributed by atoms with E-state index < -0.39 is 20.7 Å². The Hall–Kier alpha value is -1.84. The molecule has 0 bridgehead atoms. The lowest BCUT2D eigenvalue weighted by atomic mass is 10.8. The highest BCUT2D eigenvalue weighted by atomic mass is 16.8. The molecule has 11 heavy (non-hydrogen) atoms. The lowest BCUT2D eigenvalue weighted by Gasteiger charge is -1.98. The van der Waals surface area contributed by atoms with Crippen LogP contribution in [0.25, 0.3) is 0 Å². The van der Waals surface area contributed by atoms with Crippen molar-refractivity contribution in [3.8, 4) is 0 Å². The van der Waals surface area contributed by atoms with E-state index in [0.717, 1.165) is 0 Å². The van der Waals surface area contributed by atoms with Crippen molar-refractivity contribution in [2.24, 2.45) is 0 Å². The highest BCUT2D eigenvalue weighted by molar-refractivity contribution is 4.29. The van der Waals surface area contributed by atoms with Gasteiger partial charge in [0.1, 0.15) is 0 Å². The molecular formula is CHN3O7. The van der Waals surface area contributed by atoms with Gasteiger partial charge < -0.3 is 0 Å². The summed E-state index contributed by atoms with van der Waals surface area (Å²) < 4.78 is 0. The van der Waals surface area contributed by atoms with Gasteiger partial charge in [-0.15, -0.1) is 0 Å². The maximum absolute atomic E-state index is 9.58. The molecule has 0 aromatic carbocycles. The Morgan fingerprint density at radius 1 is 0.909 bits per heavy atom. The maximum Gasteiger partial charge on any atom is 0.842 e. The fourth-order valence-corrected chi connectivity index (χ4v) is 0.200. The molecule has 1 N–H and O–H groups in total. The van der Waals surface area contributed by atoms with Crippen LogP contribution in [0, 0.1) is 30.3 Å². The predicted molar refractivity (Wildman–Crippen MR) is 25.9 cm³/mol. The van der Waals surface area contributed by atoms with Crippen molar-refractivity contribution in [1.82, 2.24) is 0 Å². The first-order chi connectivity index (χ1) is 4.83. The molecule has 0 aromatic heterocycles. The van der Waals surface area contributed by atoms with Crippen LogP contribution >= 0.6 is 0 Å². The molecule has 10 nitrogen and oxygen atoms in total. The van der Waals surface area contributed by atoms with Gasteiger partial charge in [-0.1, -0.05) is 0 Å². The quantitative estimate of drug-likeness (QED) is 0.302. The first-order valence-electron chi connectivity index (χ1n) is 1.99. The van der Waals surface area contributed by atoms with Crippen LogP contribution in [0.4, 0.5) is 0 Å². The highest BCUT2D eigenvalue weighted by Crippen LogP contribution is 2.05. The number of rotatable bonds is 3. The fraction of sp³-hybridized carbons (Fsp3) is 1.00. The van der Waals surface area contributed by atoms with Gasteiger partial charge in [-0.25, -0.2) is 0 Å². The zero-order valence-electron chi connectivity index (χ0n) is 4.74. The molecule has 10 heteroatoms. The van der Waals surface area contributed by atoms with Gasteiger partial charge in [0.05, 0.1) is 0 Å². The molecular weight excluding hydrogens is 166 g/mol. The summed E-state index contributed by atoms with van der Waals surface area (Å²) in [7, 11) is 0. The van der Waals surface area contributed by atoms with Crippen LogP contribution in [0.15, 0.2) is 0 Å². The Kier molecular flexibility index (Phi) is 2.01. The fourth-order valence-electron chi connectivity index (χ4n) is 0.200. The van der Waals surface area contributed by atoms with Gasteiger partial charge in [0.25, 0.3) is 0 Å². The zero-order valence-corrected chi connectivity index (χ0v) is 4.74. The monoisotopic (exact) mass is 167 g/mol. The molecule has 0 heterocycles. The third kappa shape index (κ3) is 1.19. The Balaban J connectivity index is 4.99. The van der Waals surface area contributed by atoms with Crippen molar-refractivity contribution < 1.29 is 19.9 Å². The standard InChI is InChI=1S/CHN3O7/c5-1(2(6)7,3(8)9)4(10)11/h5H. The van der Waals surface area contributed by atoms with E-state index in [1.807, 2.05) is 0 Å². The SMILES string of the molecule is O=[N+]([O-])C(O)([N+](=O)[O-])[N+](=O)[O-]. The average Bonchev–Trinajstić information content (AvgIpc) is 1.84. The Morgan fingerprint density at radius 2 is 1.09 bits per heavy atom. The van der Waals surface area contributed by atoms with Crippen LogP contribution in [-0.2, 0) is 0 Å². The lowest BCUT2D eigenvalue weighted by molar-refractivity contribution is -1.02. The minimum Gasteiger partial charge on any atom is -0.250 e. The van der Waals surface area contributed by atoms with E-state index in [-0.39, 0.29) is 0 Å².